The summed E-state index contributed by atoms with van der Waals surface area (Å²) in [7, 11) is 1.56. The summed E-state index contributed by atoms with van der Waals surface area (Å²) in [6.07, 6.45) is 1.49. The summed E-state index contributed by atoms with van der Waals surface area (Å²) < 4.78 is 6.11. The second-order valence-electron chi connectivity index (χ2n) is 5.30. The molecular weight excluding hydrogens is 384 g/mol. The van der Waals surface area contributed by atoms with Gasteiger partial charge in [-0.1, -0.05) is 40.2 Å². The molecule has 0 aliphatic heterocycles. The van der Waals surface area contributed by atoms with E-state index >= 15 is 0 Å². The first kappa shape index (κ1) is 17.0. The summed E-state index contributed by atoms with van der Waals surface area (Å²) in [5.74, 6) is 0.0506. The third-order valence-corrected chi connectivity index (χ3v) is 4.16. The summed E-state index contributed by atoms with van der Waals surface area (Å²) in [5.41, 5.74) is 3.30. The molecule has 5 nitrogen and oxygen atoms in total. The Hall–Kier alpha value is -2.86. The molecule has 0 aliphatic carbocycles. The maximum absolute atomic E-state index is 12.3. The Labute approximate surface area is 153 Å². The number of ether oxygens (including phenoxy) is 1. The normalized spacial score (nSPS) is 11.0. The molecule has 3 aromatic carbocycles. The molecule has 0 aliphatic rings. The molecule has 3 aromatic rings. The van der Waals surface area contributed by atoms with Crippen LogP contribution in [-0.2, 0) is 0 Å². The van der Waals surface area contributed by atoms with Gasteiger partial charge in [0.15, 0.2) is 0 Å². The minimum Gasteiger partial charge on any atom is -0.507 e. The molecule has 0 saturated carbocycles. The van der Waals surface area contributed by atoms with Gasteiger partial charge in [0.05, 0.1) is 18.9 Å². The first-order valence-corrected chi connectivity index (χ1v) is 8.26. The van der Waals surface area contributed by atoms with Crippen LogP contribution in [0.3, 0.4) is 0 Å². The van der Waals surface area contributed by atoms with Gasteiger partial charge in [-0.2, -0.15) is 5.10 Å². The molecule has 2 N–H and O–H groups in total. The van der Waals surface area contributed by atoms with Gasteiger partial charge in [-0.3, -0.25) is 4.79 Å². The van der Waals surface area contributed by atoms with Crippen molar-refractivity contribution >= 4 is 38.8 Å². The monoisotopic (exact) mass is 398 g/mol. The third-order valence-electron chi connectivity index (χ3n) is 3.67. The highest BCUT2D eigenvalue weighted by atomic mass is 79.9. The van der Waals surface area contributed by atoms with Crippen LogP contribution in [0.15, 0.2) is 64.2 Å². The van der Waals surface area contributed by atoms with E-state index in [1.54, 1.807) is 25.3 Å². The van der Waals surface area contributed by atoms with Gasteiger partial charge >= 0.3 is 0 Å². The van der Waals surface area contributed by atoms with E-state index in [1.807, 2.05) is 36.4 Å². The van der Waals surface area contributed by atoms with Gasteiger partial charge in [0.1, 0.15) is 11.5 Å². The largest absolute Gasteiger partial charge is 0.507 e. The van der Waals surface area contributed by atoms with Crippen LogP contribution in [0.25, 0.3) is 10.8 Å². The number of phenols is 1. The number of rotatable bonds is 4. The molecule has 0 bridgehead atoms. The van der Waals surface area contributed by atoms with Gasteiger partial charge < -0.3 is 9.84 Å². The van der Waals surface area contributed by atoms with Crippen LogP contribution in [0.2, 0.25) is 0 Å². The van der Waals surface area contributed by atoms with Gasteiger partial charge in [0.2, 0.25) is 0 Å². The number of methoxy groups -OCH3 is 1. The lowest BCUT2D eigenvalue weighted by molar-refractivity contribution is 0.0952. The first-order chi connectivity index (χ1) is 12.1. The van der Waals surface area contributed by atoms with E-state index in [1.165, 1.54) is 6.21 Å². The lowest BCUT2D eigenvalue weighted by Crippen LogP contribution is -2.17. The highest BCUT2D eigenvalue weighted by molar-refractivity contribution is 9.10. The van der Waals surface area contributed by atoms with Crippen LogP contribution in [-0.4, -0.2) is 24.3 Å². The molecule has 0 atom stereocenters. The van der Waals surface area contributed by atoms with E-state index in [2.05, 4.69) is 26.5 Å². The summed E-state index contributed by atoms with van der Waals surface area (Å²) >= 11 is 3.38. The van der Waals surface area contributed by atoms with Crippen molar-refractivity contribution in [2.24, 2.45) is 5.10 Å². The predicted octanol–water partition coefficient (Wildman–Crippen LogP) is 4.08. The number of aromatic hydroxyl groups is 1. The maximum atomic E-state index is 12.3. The molecule has 3 rings (SSSR count). The molecule has 0 radical (unpaired) electrons. The highest BCUT2D eigenvalue weighted by Gasteiger charge is 2.11. The molecule has 25 heavy (non-hydrogen) atoms. The Bertz CT molecular complexity index is 970. The standard InChI is InChI=1S/C19H15BrN2O3/c1-25-18-7-6-15(20)8-14(18)11-21-22-19(24)16-9-12-4-2-3-5-13(12)10-17(16)23/h2-11,23H,1H3,(H,22,24)/b21-11-. The van der Waals surface area contributed by atoms with Crippen molar-refractivity contribution in [2.45, 2.75) is 0 Å². The van der Waals surface area contributed by atoms with Crippen LogP contribution >= 0.6 is 15.9 Å². The number of carbonyl (C=O) groups excluding carboxylic acids is 1. The van der Waals surface area contributed by atoms with Gasteiger partial charge in [-0.25, -0.2) is 5.43 Å². The van der Waals surface area contributed by atoms with E-state index in [4.69, 9.17) is 4.74 Å². The minimum atomic E-state index is -0.492. The van der Waals surface area contributed by atoms with Crippen LogP contribution < -0.4 is 10.2 Å². The zero-order valence-electron chi connectivity index (χ0n) is 13.4. The summed E-state index contributed by atoms with van der Waals surface area (Å²) in [6, 6.07) is 16.2. The van der Waals surface area contributed by atoms with Gasteiger partial charge in [0.25, 0.3) is 5.91 Å². The summed E-state index contributed by atoms with van der Waals surface area (Å²) in [5, 5.41) is 15.8. The number of benzene rings is 3. The van der Waals surface area contributed by atoms with Gasteiger partial charge in [0, 0.05) is 10.0 Å². The lowest BCUT2D eigenvalue weighted by Gasteiger charge is -2.06. The highest BCUT2D eigenvalue weighted by Crippen LogP contribution is 2.25. The molecule has 6 heteroatoms. The average Bonchev–Trinajstić information content (AvgIpc) is 2.61. The number of amides is 1. The van der Waals surface area contributed by atoms with Crippen molar-refractivity contribution in [1.82, 2.24) is 5.43 Å². The van der Waals surface area contributed by atoms with E-state index in [9.17, 15) is 9.90 Å². The smallest absolute Gasteiger partial charge is 0.275 e. The summed E-state index contributed by atoms with van der Waals surface area (Å²) in [4.78, 5) is 12.3. The van der Waals surface area contributed by atoms with E-state index in [0.29, 0.717) is 11.3 Å². The minimum absolute atomic E-state index is 0.0913. The second kappa shape index (κ2) is 7.36. The van der Waals surface area contributed by atoms with Crippen LogP contribution in [0.5, 0.6) is 11.5 Å². The van der Waals surface area contributed by atoms with E-state index in [-0.39, 0.29) is 11.3 Å². The number of fused-ring (bicyclic) bond motifs is 1. The fourth-order valence-electron chi connectivity index (χ4n) is 2.44. The Morgan fingerprint density at radius 1 is 1.16 bits per heavy atom. The van der Waals surface area contributed by atoms with Gasteiger partial charge in [-0.15, -0.1) is 0 Å². The van der Waals surface area contributed by atoms with Crippen molar-refractivity contribution in [3.63, 3.8) is 0 Å². The number of halogens is 1. The Balaban J connectivity index is 1.81. The van der Waals surface area contributed by atoms with Crippen LogP contribution in [0.4, 0.5) is 0 Å². The fourth-order valence-corrected chi connectivity index (χ4v) is 2.82. The van der Waals surface area contributed by atoms with E-state index in [0.717, 1.165) is 15.2 Å². The van der Waals surface area contributed by atoms with Crippen molar-refractivity contribution in [1.29, 1.82) is 0 Å². The van der Waals surface area contributed by atoms with E-state index < -0.39 is 5.91 Å². The molecule has 0 spiro atoms. The fraction of sp³-hybridized carbons (Fsp3) is 0.0526. The molecular formula is C19H15BrN2O3. The number of nitrogens with one attached hydrogen (secondary N) is 1. The number of carbonyl (C=O) groups is 1. The Morgan fingerprint density at radius 2 is 1.88 bits per heavy atom. The Kier molecular flexibility index (Phi) is 5.00. The average molecular weight is 399 g/mol. The number of phenolic OH excluding ortho intramolecular Hbond substituents is 1. The molecule has 0 saturated heterocycles. The number of nitrogens with zero attached hydrogens (tertiary/aromatic N) is 1. The third kappa shape index (κ3) is 3.80. The first-order valence-electron chi connectivity index (χ1n) is 7.47. The van der Waals surface area contributed by atoms with Crippen molar-refractivity contribution in [2.75, 3.05) is 7.11 Å². The van der Waals surface area contributed by atoms with Crippen molar-refractivity contribution in [3.8, 4) is 11.5 Å². The SMILES string of the molecule is COc1ccc(Br)cc1/C=N\NC(=O)c1cc2ccccc2cc1O. The van der Waals surface area contributed by atoms with Crippen molar-refractivity contribution < 1.29 is 14.6 Å². The maximum Gasteiger partial charge on any atom is 0.275 e. The van der Waals surface area contributed by atoms with Crippen molar-refractivity contribution in [3.05, 3.63) is 70.2 Å². The number of hydrazone groups is 1. The molecule has 126 valence electrons. The topological polar surface area (TPSA) is 70.9 Å². The quantitative estimate of drug-likeness (QED) is 0.513. The molecule has 0 aromatic heterocycles. The zero-order chi connectivity index (χ0) is 17.8. The molecule has 0 unspecified atom stereocenters. The Morgan fingerprint density at radius 3 is 2.60 bits per heavy atom. The van der Waals surface area contributed by atoms with Crippen LogP contribution in [0, 0.1) is 0 Å². The zero-order valence-corrected chi connectivity index (χ0v) is 14.9. The summed E-state index contributed by atoms with van der Waals surface area (Å²) in [6.45, 7) is 0. The number of hydrogen-bond acceptors (Lipinski definition) is 4. The van der Waals surface area contributed by atoms with Gasteiger partial charge in [-0.05, 0) is 41.1 Å². The number of hydrogen-bond donors (Lipinski definition) is 2. The van der Waals surface area contributed by atoms with Crippen LogP contribution in [0.1, 0.15) is 15.9 Å². The molecule has 1 amide bonds. The molecule has 0 heterocycles. The molecule has 0 fully saturated rings. The lowest BCUT2D eigenvalue weighted by atomic mass is 10.1. The predicted molar refractivity (Wildman–Crippen MR) is 101 cm³/mol. The second-order valence-corrected chi connectivity index (χ2v) is 6.22.